The van der Waals surface area contributed by atoms with Crippen LogP contribution in [0.3, 0.4) is 0 Å². The van der Waals surface area contributed by atoms with Gasteiger partial charge in [-0.15, -0.1) is 11.3 Å². The van der Waals surface area contributed by atoms with Crippen molar-refractivity contribution in [3.63, 3.8) is 0 Å². The number of carbonyl (C=O) groups is 2. The van der Waals surface area contributed by atoms with E-state index in [1.165, 1.54) is 7.11 Å². The van der Waals surface area contributed by atoms with Crippen molar-refractivity contribution in [2.24, 2.45) is 0 Å². The van der Waals surface area contributed by atoms with E-state index in [0.29, 0.717) is 28.2 Å². The topological polar surface area (TPSA) is 102 Å². The minimum absolute atomic E-state index is 0.0588. The first kappa shape index (κ1) is 20.3. The zero-order valence-corrected chi connectivity index (χ0v) is 18.9. The number of para-hydroxylation sites is 1. The summed E-state index contributed by atoms with van der Waals surface area (Å²) >= 11 is 4.52. The fourth-order valence-electron chi connectivity index (χ4n) is 3.47. The fourth-order valence-corrected chi connectivity index (χ4v) is 4.86. The quantitative estimate of drug-likeness (QED) is 0.274. The van der Waals surface area contributed by atoms with Gasteiger partial charge >= 0.3 is 5.97 Å². The second-order valence-corrected chi connectivity index (χ2v) is 8.69. The molecule has 32 heavy (non-hydrogen) atoms. The molecule has 7 nitrogen and oxygen atoms in total. The van der Waals surface area contributed by atoms with Gasteiger partial charge in [-0.1, -0.05) is 34.1 Å². The SMILES string of the molecule is COc1cc(Br)cc2cc(-c3csc(NC(=O)c4cc5ccccc5o4)c3C(=O)O)oc12. The van der Waals surface area contributed by atoms with Crippen molar-refractivity contribution in [2.75, 3.05) is 12.4 Å². The molecule has 160 valence electrons. The van der Waals surface area contributed by atoms with Crippen LogP contribution in [0, 0.1) is 0 Å². The van der Waals surface area contributed by atoms with Crippen LogP contribution in [-0.2, 0) is 0 Å². The molecule has 0 radical (unpaired) electrons. The molecule has 9 heteroatoms. The molecule has 0 unspecified atom stereocenters. The highest BCUT2D eigenvalue weighted by atomic mass is 79.9. The van der Waals surface area contributed by atoms with Crippen LogP contribution >= 0.6 is 27.3 Å². The molecule has 0 spiro atoms. The standard InChI is InChI=1S/C23H14BrNO6S/c1-29-17-9-13(24)6-12-8-16(31-20(12)17)14-10-32-22(19(14)23(27)28)25-21(26)18-7-11-4-2-3-5-15(11)30-18/h2-10H,1H3,(H,25,26)(H,27,28). The molecule has 0 aliphatic carbocycles. The predicted molar refractivity (Wildman–Crippen MR) is 125 cm³/mol. The van der Waals surface area contributed by atoms with Crippen molar-refractivity contribution in [2.45, 2.75) is 0 Å². The Morgan fingerprint density at radius 1 is 1.09 bits per heavy atom. The zero-order chi connectivity index (χ0) is 22.4. The van der Waals surface area contributed by atoms with Crippen molar-refractivity contribution in [1.82, 2.24) is 0 Å². The number of halogens is 1. The number of ether oxygens (including phenoxy) is 1. The van der Waals surface area contributed by atoms with Crippen molar-refractivity contribution in [3.05, 3.63) is 69.7 Å². The van der Waals surface area contributed by atoms with E-state index in [0.717, 1.165) is 26.6 Å². The minimum atomic E-state index is -1.19. The van der Waals surface area contributed by atoms with Gasteiger partial charge in [0.15, 0.2) is 17.1 Å². The van der Waals surface area contributed by atoms with Gasteiger partial charge in [-0.2, -0.15) is 0 Å². The lowest BCUT2D eigenvalue weighted by Crippen LogP contribution is -2.12. The molecule has 3 heterocycles. The first-order chi connectivity index (χ1) is 15.4. The number of anilines is 1. The maximum atomic E-state index is 12.7. The molecule has 3 aromatic heterocycles. The largest absolute Gasteiger partial charge is 0.493 e. The molecule has 0 aliphatic rings. The summed E-state index contributed by atoms with van der Waals surface area (Å²) in [4.78, 5) is 24.8. The molecule has 0 saturated carbocycles. The van der Waals surface area contributed by atoms with Crippen LogP contribution in [0.4, 0.5) is 5.00 Å². The van der Waals surface area contributed by atoms with Crippen LogP contribution in [0.25, 0.3) is 33.3 Å². The van der Waals surface area contributed by atoms with Crippen LogP contribution in [0.1, 0.15) is 20.9 Å². The third kappa shape index (κ3) is 3.45. The second kappa shape index (κ2) is 7.85. The van der Waals surface area contributed by atoms with E-state index in [4.69, 9.17) is 13.6 Å². The van der Waals surface area contributed by atoms with Gasteiger partial charge in [0.1, 0.15) is 21.9 Å². The summed E-state index contributed by atoms with van der Waals surface area (Å²) in [5.74, 6) is -0.752. The highest BCUT2D eigenvalue weighted by Crippen LogP contribution is 2.41. The monoisotopic (exact) mass is 511 g/mol. The molecule has 0 atom stereocenters. The summed E-state index contributed by atoms with van der Waals surface area (Å²) in [5.41, 5.74) is 1.37. The highest BCUT2D eigenvalue weighted by Gasteiger charge is 2.25. The number of thiophene rings is 1. The molecule has 2 aromatic carbocycles. The third-order valence-corrected chi connectivity index (χ3v) is 6.27. The van der Waals surface area contributed by atoms with Crippen LogP contribution in [0.15, 0.2) is 67.2 Å². The van der Waals surface area contributed by atoms with Gasteiger partial charge in [0.05, 0.1) is 7.11 Å². The molecule has 5 rings (SSSR count). The van der Waals surface area contributed by atoms with Crippen LogP contribution < -0.4 is 10.1 Å². The lowest BCUT2D eigenvalue weighted by molar-refractivity contribution is 0.0699. The number of furan rings is 2. The average Bonchev–Trinajstić information content (AvgIpc) is 3.48. The predicted octanol–water partition coefficient (Wildman–Crippen LogP) is 6.63. The first-order valence-electron chi connectivity index (χ1n) is 9.36. The van der Waals surface area contributed by atoms with E-state index in [2.05, 4.69) is 21.2 Å². The number of nitrogens with one attached hydrogen (secondary N) is 1. The summed E-state index contributed by atoms with van der Waals surface area (Å²) in [6.07, 6.45) is 0. The first-order valence-corrected chi connectivity index (χ1v) is 11.0. The molecule has 1 amide bonds. The van der Waals surface area contributed by atoms with Gasteiger partial charge in [0.2, 0.25) is 0 Å². The lowest BCUT2D eigenvalue weighted by atomic mass is 10.1. The summed E-state index contributed by atoms with van der Waals surface area (Å²) in [6.45, 7) is 0. The van der Waals surface area contributed by atoms with Crippen LogP contribution in [0.5, 0.6) is 5.75 Å². The average molecular weight is 512 g/mol. The van der Waals surface area contributed by atoms with Gasteiger partial charge in [-0.05, 0) is 30.3 Å². The van der Waals surface area contributed by atoms with Gasteiger partial charge in [0, 0.05) is 26.2 Å². The lowest BCUT2D eigenvalue weighted by Gasteiger charge is -2.03. The smallest absolute Gasteiger partial charge is 0.339 e. The van der Waals surface area contributed by atoms with Gasteiger partial charge in [-0.25, -0.2) is 4.79 Å². The minimum Gasteiger partial charge on any atom is -0.493 e. The molecule has 0 fully saturated rings. The number of hydrogen-bond acceptors (Lipinski definition) is 6. The van der Waals surface area contributed by atoms with E-state index in [1.807, 2.05) is 24.3 Å². The summed E-state index contributed by atoms with van der Waals surface area (Å²) in [6, 6.07) is 14.2. The fraction of sp³-hybridized carbons (Fsp3) is 0.0435. The molecular weight excluding hydrogens is 498 g/mol. The van der Waals surface area contributed by atoms with E-state index < -0.39 is 11.9 Å². The number of amides is 1. The molecule has 5 aromatic rings. The number of carboxylic acid groups (broad SMARTS) is 1. The summed E-state index contributed by atoms with van der Waals surface area (Å²) < 4.78 is 17.7. The Labute approximate surface area is 193 Å². The number of rotatable bonds is 5. The van der Waals surface area contributed by atoms with Crippen LogP contribution in [0.2, 0.25) is 0 Å². The Morgan fingerprint density at radius 2 is 1.91 bits per heavy atom. The van der Waals surface area contributed by atoms with Gasteiger partial charge in [0.25, 0.3) is 5.91 Å². The Kier molecular flexibility index (Phi) is 4.99. The number of methoxy groups -OCH3 is 1. The van der Waals surface area contributed by atoms with Crippen molar-refractivity contribution >= 4 is 66.1 Å². The molecule has 2 N–H and O–H groups in total. The molecule has 0 bridgehead atoms. The number of fused-ring (bicyclic) bond motifs is 2. The molecule has 0 saturated heterocycles. The van der Waals surface area contributed by atoms with Crippen molar-refractivity contribution in [1.29, 1.82) is 0 Å². The van der Waals surface area contributed by atoms with Crippen molar-refractivity contribution < 1.29 is 28.3 Å². The number of aromatic carboxylic acids is 1. The zero-order valence-electron chi connectivity index (χ0n) is 16.5. The summed E-state index contributed by atoms with van der Waals surface area (Å²) in [7, 11) is 1.53. The summed E-state index contributed by atoms with van der Waals surface area (Å²) in [5, 5.41) is 15.9. The Bertz CT molecular complexity index is 1480. The number of carbonyl (C=O) groups excluding carboxylic acids is 1. The maximum Gasteiger partial charge on any atom is 0.339 e. The number of benzene rings is 2. The normalized spacial score (nSPS) is 11.2. The van der Waals surface area contributed by atoms with E-state index in [-0.39, 0.29) is 16.3 Å². The van der Waals surface area contributed by atoms with E-state index in [9.17, 15) is 14.7 Å². The Balaban J connectivity index is 1.53. The molecular formula is C23H14BrNO6S. The van der Waals surface area contributed by atoms with Gasteiger partial charge in [-0.3, -0.25) is 4.79 Å². The second-order valence-electron chi connectivity index (χ2n) is 6.90. The highest BCUT2D eigenvalue weighted by molar-refractivity contribution is 9.10. The maximum absolute atomic E-state index is 12.7. The van der Waals surface area contributed by atoms with Crippen molar-refractivity contribution in [3.8, 4) is 17.1 Å². The third-order valence-electron chi connectivity index (χ3n) is 4.91. The van der Waals surface area contributed by atoms with E-state index >= 15 is 0 Å². The molecule has 0 aliphatic heterocycles. The number of carboxylic acids is 1. The van der Waals surface area contributed by atoms with E-state index in [1.54, 1.807) is 29.6 Å². The Morgan fingerprint density at radius 3 is 2.66 bits per heavy atom. The van der Waals surface area contributed by atoms with Crippen LogP contribution in [-0.4, -0.2) is 24.1 Å². The number of hydrogen-bond donors (Lipinski definition) is 2. The van der Waals surface area contributed by atoms with Gasteiger partial charge < -0.3 is 24.0 Å². The Hall–Kier alpha value is -3.56.